The van der Waals surface area contributed by atoms with Crippen molar-refractivity contribution < 1.29 is 42.4 Å². The number of pyridine rings is 1. The Kier molecular flexibility index (Phi) is 10.1. The Morgan fingerprint density at radius 1 is 0.909 bits per heavy atom. The van der Waals surface area contributed by atoms with Gasteiger partial charge in [0, 0.05) is 70.7 Å². The summed E-state index contributed by atoms with van der Waals surface area (Å²) in [4.78, 5) is 36.0. The topological polar surface area (TPSA) is 204 Å². The SMILES string of the molecule is N/C(=C\N(N)c1cccc(NC(=O)N2c3nc(-c4cccc(C(F)(F)F)c4)ccc3N3CC[C@H]2C3)c1)CNC(=S)Nc1ccc2c(c1)C(=O)OC21c2ccc(O)cc2Oc2cc(O)ccc21. The van der Waals surface area contributed by atoms with Gasteiger partial charge < -0.3 is 46.3 Å². The Bertz CT molecular complexity index is 2990. The lowest BCUT2D eigenvalue weighted by atomic mass is 9.77. The average molecular weight is 914 g/mol. The minimum atomic E-state index is -4.52. The minimum Gasteiger partial charge on any atom is -0.508 e. The number of hydrogen-bond donors (Lipinski definition) is 7. The van der Waals surface area contributed by atoms with Gasteiger partial charge in [0.1, 0.15) is 23.0 Å². The summed E-state index contributed by atoms with van der Waals surface area (Å²) in [7, 11) is 0. The van der Waals surface area contributed by atoms with E-state index in [0.717, 1.165) is 12.1 Å². The third-order valence-electron chi connectivity index (χ3n) is 11.8. The number of nitrogens with one attached hydrogen (secondary N) is 3. The van der Waals surface area contributed by atoms with E-state index in [2.05, 4.69) is 20.9 Å². The number of esters is 1. The largest absolute Gasteiger partial charge is 0.508 e. The summed E-state index contributed by atoms with van der Waals surface area (Å²) in [5.74, 6) is 6.59. The van der Waals surface area contributed by atoms with Crippen molar-refractivity contribution in [2.75, 3.05) is 45.1 Å². The maximum Gasteiger partial charge on any atom is 0.416 e. The molecule has 0 radical (unpaired) electrons. The lowest BCUT2D eigenvalue weighted by molar-refractivity contribution is -0.137. The molecule has 2 amide bonds. The zero-order valence-corrected chi connectivity index (χ0v) is 35.3. The summed E-state index contributed by atoms with van der Waals surface area (Å²) < 4.78 is 52.7. The predicted octanol–water partition coefficient (Wildman–Crippen LogP) is 7.84. The lowest BCUT2D eigenvalue weighted by Gasteiger charge is -2.36. The number of benzene rings is 5. The van der Waals surface area contributed by atoms with E-state index in [-0.39, 0.29) is 51.8 Å². The molecule has 334 valence electrons. The third-order valence-corrected chi connectivity index (χ3v) is 12.1. The van der Waals surface area contributed by atoms with Crippen LogP contribution in [0.5, 0.6) is 23.0 Å². The zero-order valence-electron chi connectivity index (χ0n) is 34.5. The molecular formula is C47H38F3N9O6S. The fraction of sp³-hybridized carbons (Fsp3) is 0.149. The third kappa shape index (κ3) is 7.42. The van der Waals surface area contributed by atoms with Crippen molar-refractivity contribution in [1.29, 1.82) is 0 Å². The molecule has 6 aromatic rings. The van der Waals surface area contributed by atoms with Gasteiger partial charge >= 0.3 is 18.2 Å². The van der Waals surface area contributed by atoms with Crippen molar-refractivity contribution >= 4 is 57.9 Å². The highest BCUT2D eigenvalue weighted by Crippen LogP contribution is 2.57. The number of rotatable bonds is 7. The number of hydrazine groups is 1. The van der Waals surface area contributed by atoms with E-state index in [1.165, 1.54) is 41.5 Å². The molecule has 19 heteroatoms. The van der Waals surface area contributed by atoms with Gasteiger partial charge in [0.05, 0.1) is 40.8 Å². The van der Waals surface area contributed by atoms with Crippen LogP contribution in [0.4, 0.5) is 46.5 Å². The first-order chi connectivity index (χ1) is 31.6. The molecule has 66 heavy (non-hydrogen) atoms. The number of phenols is 2. The van der Waals surface area contributed by atoms with Crippen LogP contribution in [0.1, 0.15) is 39.0 Å². The van der Waals surface area contributed by atoms with Gasteiger partial charge in [-0.1, -0.05) is 24.3 Å². The summed E-state index contributed by atoms with van der Waals surface area (Å²) in [6, 6.07) is 28.7. The first-order valence-corrected chi connectivity index (χ1v) is 21.0. The molecule has 15 nitrogen and oxygen atoms in total. The number of ether oxygens (including phenoxy) is 2. The Labute approximate surface area is 379 Å². The van der Waals surface area contributed by atoms with E-state index in [4.69, 9.17) is 38.3 Å². The second-order valence-electron chi connectivity index (χ2n) is 16.1. The molecule has 0 aliphatic carbocycles. The van der Waals surface area contributed by atoms with Gasteiger partial charge in [0.15, 0.2) is 16.5 Å². The molecule has 1 atom stereocenters. The maximum absolute atomic E-state index is 14.0. The summed E-state index contributed by atoms with van der Waals surface area (Å²) in [6.07, 6.45) is -2.36. The fourth-order valence-electron chi connectivity index (χ4n) is 8.85. The van der Waals surface area contributed by atoms with E-state index in [1.54, 1.807) is 77.7 Å². The van der Waals surface area contributed by atoms with Gasteiger partial charge in [-0.25, -0.2) is 20.4 Å². The van der Waals surface area contributed by atoms with Gasteiger partial charge in [0.2, 0.25) is 0 Å². The molecule has 4 aliphatic heterocycles. The first-order valence-electron chi connectivity index (χ1n) is 20.6. The number of urea groups is 1. The van der Waals surface area contributed by atoms with Crippen molar-refractivity contribution in [3.63, 3.8) is 0 Å². The number of carbonyl (C=O) groups excluding carboxylic acids is 2. The highest BCUT2D eigenvalue weighted by molar-refractivity contribution is 7.80. The molecule has 1 spiro atoms. The first kappa shape index (κ1) is 42.0. The van der Waals surface area contributed by atoms with Crippen LogP contribution in [0.25, 0.3) is 11.3 Å². The monoisotopic (exact) mass is 913 g/mol. The van der Waals surface area contributed by atoms with Crippen LogP contribution < -0.4 is 47.1 Å². The van der Waals surface area contributed by atoms with E-state index in [0.29, 0.717) is 76.2 Å². The number of hydrogen-bond acceptors (Lipinski definition) is 12. The Hall–Kier alpha value is -8.03. The molecule has 9 N–H and O–H groups in total. The number of carbonyl (C=O) groups is 2. The van der Waals surface area contributed by atoms with Crippen LogP contribution in [0.2, 0.25) is 0 Å². The maximum atomic E-state index is 14.0. The standard InChI is InChI=1S/C47H38F3N9O6S/c48-47(49,50)26-4-1-3-25(17-26)38-13-14-39-42(56-38)59(31-15-16-57(39)24-31)45(63)55-28-5-2-6-30(18-28)58(52)23-27(51)22-53-44(66)54-29-7-10-35-34(19-29)43(62)65-46(35)36-11-8-32(60)20-40(36)64-41-21-33(61)9-12-37(41)46/h1-14,17-21,23,31,60-61H,15-16,22,24,51-52H2,(H,55,63)(H2,53,54,66)/b27-23-/t31-/m0/s1. The summed E-state index contributed by atoms with van der Waals surface area (Å²) in [5.41, 5.74) is 8.92. The fourth-order valence-corrected chi connectivity index (χ4v) is 9.04. The quantitative estimate of drug-likeness (QED) is 0.0353. The van der Waals surface area contributed by atoms with Gasteiger partial charge in [-0.3, -0.25) is 9.91 Å². The summed E-state index contributed by atoms with van der Waals surface area (Å²) in [5, 5.41) is 30.9. The highest BCUT2D eigenvalue weighted by atomic mass is 32.1. The van der Waals surface area contributed by atoms with Crippen LogP contribution in [0.3, 0.4) is 0 Å². The molecule has 0 saturated carbocycles. The van der Waals surface area contributed by atoms with Gasteiger partial charge in [-0.15, -0.1) is 0 Å². The molecule has 0 unspecified atom stereocenters. The molecule has 1 saturated heterocycles. The molecule has 5 heterocycles. The van der Waals surface area contributed by atoms with Crippen molar-refractivity contribution in [2.24, 2.45) is 11.6 Å². The zero-order chi connectivity index (χ0) is 46.1. The smallest absolute Gasteiger partial charge is 0.416 e. The number of nitrogens with two attached hydrogens (primary N) is 2. The normalized spacial score (nSPS) is 16.3. The van der Waals surface area contributed by atoms with Crippen LogP contribution in [-0.4, -0.2) is 58.0 Å². The van der Waals surface area contributed by atoms with Gasteiger partial charge in [-0.05, 0) is 97.5 Å². The molecule has 5 aromatic carbocycles. The van der Waals surface area contributed by atoms with Crippen molar-refractivity contribution in [1.82, 2.24) is 10.3 Å². The number of aromatic hydroxyl groups is 2. The number of halogens is 3. The van der Waals surface area contributed by atoms with Crippen LogP contribution in [0, 0.1) is 0 Å². The molecule has 1 aromatic heterocycles. The Morgan fingerprint density at radius 3 is 2.36 bits per heavy atom. The number of nitrogens with zero attached hydrogens (tertiary/aromatic N) is 4. The second-order valence-corrected chi connectivity index (χ2v) is 16.5. The molecule has 10 rings (SSSR count). The highest BCUT2D eigenvalue weighted by Gasteiger charge is 2.54. The number of aromatic nitrogens is 1. The van der Waals surface area contributed by atoms with Crippen LogP contribution in [-0.2, 0) is 16.5 Å². The van der Waals surface area contributed by atoms with E-state index >= 15 is 0 Å². The molecule has 2 bridgehead atoms. The van der Waals surface area contributed by atoms with Crippen LogP contribution in [0.15, 0.2) is 127 Å². The number of phenolic OH excluding ortho intramolecular Hbond substituents is 2. The number of fused-ring (bicyclic) bond motifs is 10. The predicted molar refractivity (Wildman–Crippen MR) is 244 cm³/mol. The van der Waals surface area contributed by atoms with E-state index < -0.39 is 29.3 Å². The summed E-state index contributed by atoms with van der Waals surface area (Å²) >= 11 is 5.55. The Balaban J connectivity index is 0.802. The number of alkyl halides is 3. The molecule has 4 aliphatic rings. The lowest BCUT2D eigenvalue weighted by Crippen LogP contribution is -2.48. The van der Waals surface area contributed by atoms with Gasteiger partial charge in [0.25, 0.3) is 0 Å². The Morgan fingerprint density at radius 2 is 1.62 bits per heavy atom. The van der Waals surface area contributed by atoms with E-state index in [9.17, 15) is 33.0 Å². The van der Waals surface area contributed by atoms with Crippen LogP contribution >= 0.6 is 12.2 Å². The number of thiocarbonyl (C=S) groups is 1. The van der Waals surface area contributed by atoms with Crippen molar-refractivity contribution in [3.05, 3.63) is 155 Å². The summed E-state index contributed by atoms with van der Waals surface area (Å²) in [6.45, 7) is 1.35. The molecule has 1 fully saturated rings. The average Bonchev–Trinajstić information content (AvgIpc) is 3.83. The number of amides is 2. The van der Waals surface area contributed by atoms with Crippen molar-refractivity contribution in [3.8, 4) is 34.3 Å². The van der Waals surface area contributed by atoms with Gasteiger partial charge in [-0.2, -0.15) is 13.2 Å². The second kappa shape index (κ2) is 15.9. The van der Waals surface area contributed by atoms with Crippen molar-refractivity contribution in [2.45, 2.75) is 24.2 Å². The van der Waals surface area contributed by atoms with E-state index in [1.807, 2.05) is 0 Å². The molecular weight excluding hydrogens is 876 g/mol. The minimum absolute atomic E-state index is 0.0494. The number of anilines is 5.